The van der Waals surface area contributed by atoms with Crippen molar-refractivity contribution in [2.45, 2.75) is 26.2 Å². The number of fused-ring (bicyclic) bond motifs is 1. The predicted molar refractivity (Wildman–Crippen MR) is 102 cm³/mol. The number of nitrogens with zero attached hydrogens (tertiary/aromatic N) is 1. The summed E-state index contributed by atoms with van der Waals surface area (Å²) in [6.45, 7) is 2.31. The van der Waals surface area contributed by atoms with E-state index in [1.807, 2.05) is 18.2 Å². The van der Waals surface area contributed by atoms with E-state index in [4.69, 9.17) is 23.2 Å². The van der Waals surface area contributed by atoms with Gasteiger partial charge < -0.3 is 10.2 Å². The Morgan fingerprint density at radius 1 is 1.16 bits per heavy atom. The molecule has 0 aliphatic carbocycles. The van der Waals surface area contributed by atoms with Gasteiger partial charge in [0.2, 0.25) is 11.8 Å². The van der Waals surface area contributed by atoms with Crippen LogP contribution in [0.4, 0.5) is 11.4 Å². The molecule has 0 saturated carbocycles. The maximum atomic E-state index is 12.3. The molecule has 0 fully saturated rings. The molecule has 1 N–H and O–H groups in total. The fraction of sp³-hybridized carbons (Fsp3) is 0.263. The highest BCUT2D eigenvalue weighted by Crippen LogP contribution is 2.30. The average molecular weight is 377 g/mol. The van der Waals surface area contributed by atoms with Crippen LogP contribution in [0.1, 0.15) is 24.5 Å². The number of carbonyl (C=O) groups is 2. The molecule has 3 rings (SSSR count). The van der Waals surface area contributed by atoms with E-state index >= 15 is 0 Å². The summed E-state index contributed by atoms with van der Waals surface area (Å²) in [5.41, 5.74) is 3.45. The SMILES string of the molecule is CC(=O)N1CCCc2cc(NC(=O)Cc3ccc(Cl)cc3Cl)ccc21. The smallest absolute Gasteiger partial charge is 0.228 e. The molecule has 25 heavy (non-hydrogen) atoms. The molecule has 6 heteroatoms. The molecule has 0 spiro atoms. The Balaban J connectivity index is 1.73. The number of aryl methyl sites for hydroxylation is 1. The number of amides is 2. The van der Waals surface area contributed by atoms with E-state index in [-0.39, 0.29) is 18.2 Å². The average Bonchev–Trinajstić information content (AvgIpc) is 2.56. The summed E-state index contributed by atoms with van der Waals surface area (Å²) in [7, 11) is 0. The number of rotatable bonds is 3. The first-order valence-corrected chi connectivity index (χ1v) is 8.84. The van der Waals surface area contributed by atoms with E-state index in [2.05, 4.69) is 5.32 Å². The molecule has 2 amide bonds. The van der Waals surface area contributed by atoms with Crippen LogP contribution in [0.25, 0.3) is 0 Å². The minimum atomic E-state index is -0.150. The molecule has 2 aromatic carbocycles. The van der Waals surface area contributed by atoms with Gasteiger partial charge in [-0.3, -0.25) is 9.59 Å². The maximum Gasteiger partial charge on any atom is 0.228 e. The maximum absolute atomic E-state index is 12.3. The van der Waals surface area contributed by atoms with Crippen molar-refractivity contribution in [1.29, 1.82) is 0 Å². The molecule has 130 valence electrons. The second-order valence-electron chi connectivity index (χ2n) is 6.08. The lowest BCUT2D eigenvalue weighted by atomic mass is 10.0. The Bertz CT molecular complexity index is 836. The molecule has 1 heterocycles. The van der Waals surface area contributed by atoms with E-state index in [9.17, 15) is 9.59 Å². The Labute approximate surface area is 156 Å². The Morgan fingerprint density at radius 2 is 1.96 bits per heavy atom. The van der Waals surface area contributed by atoms with Gasteiger partial charge >= 0.3 is 0 Å². The van der Waals surface area contributed by atoms with Gasteiger partial charge in [0.05, 0.1) is 6.42 Å². The van der Waals surface area contributed by atoms with Crippen molar-refractivity contribution >= 4 is 46.4 Å². The fourth-order valence-corrected chi connectivity index (χ4v) is 3.52. The van der Waals surface area contributed by atoms with E-state index < -0.39 is 0 Å². The summed E-state index contributed by atoms with van der Waals surface area (Å²) >= 11 is 12.0. The van der Waals surface area contributed by atoms with Crippen LogP contribution in [0, 0.1) is 0 Å². The molecule has 0 saturated heterocycles. The molecular formula is C19H18Cl2N2O2. The Morgan fingerprint density at radius 3 is 2.68 bits per heavy atom. The van der Waals surface area contributed by atoms with Crippen LogP contribution in [0.2, 0.25) is 10.0 Å². The normalized spacial score (nSPS) is 13.3. The molecular weight excluding hydrogens is 359 g/mol. The number of benzene rings is 2. The van der Waals surface area contributed by atoms with Crippen LogP contribution in [0.3, 0.4) is 0 Å². The summed E-state index contributed by atoms with van der Waals surface area (Å²) in [6.07, 6.45) is 1.99. The van der Waals surface area contributed by atoms with E-state index in [0.29, 0.717) is 10.0 Å². The number of hydrogen-bond donors (Lipinski definition) is 1. The number of hydrogen-bond acceptors (Lipinski definition) is 2. The van der Waals surface area contributed by atoms with Gasteiger partial charge in [-0.15, -0.1) is 0 Å². The van der Waals surface area contributed by atoms with Gasteiger partial charge in [-0.2, -0.15) is 0 Å². The third-order valence-electron chi connectivity index (χ3n) is 4.23. The Kier molecular flexibility index (Phi) is 5.30. The molecule has 1 aliphatic rings. The highest BCUT2D eigenvalue weighted by Gasteiger charge is 2.20. The lowest BCUT2D eigenvalue weighted by Crippen LogP contribution is -2.33. The van der Waals surface area contributed by atoms with Crippen LogP contribution >= 0.6 is 23.2 Å². The van der Waals surface area contributed by atoms with Crippen molar-refractivity contribution < 1.29 is 9.59 Å². The zero-order valence-electron chi connectivity index (χ0n) is 13.8. The van der Waals surface area contributed by atoms with Crippen LogP contribution in [-0.2, 0) is 22.4 Å². The molecule has 2 aromatic rings. The van der Waals surface area contributed by atoms with E-state index in [0.717, 1.165) is 41.9 Å². The standard InChI is InChI=1S/C19H18Cl2N2O2/c1-12(24)23-8-2-3-14-9-16(6-7-18(14)23)22-19(25)10-13-4-5-15(20)11-17(13)21/h4-7,9,11H,2-3,8,10H2,1H3,(H,22,25). The van der Waals surface area contributed by atoms with Gasteiger partial charge in [0.1, 0.15) is 0 Å². The van der Waals surface area contributed by atoms with Crippen molar-refractivity contribution in [3.05, 3.63) is 57.6 Å². The second-order valence-corrected chi connectivity index (χ2v) is 6.92. The van der Waals surface area contributed by atoms with Crippen molar-refractivity contribution in [3.63, 3.8) is 0 Å². The minimum Gasteiger partial charge on any atom is -0.326 e. The Hall–Kier alpha value is -2.04. The van der Waals surface area contributed by atoms with Crippen molar-refractivity contribution in [1.82, 2.24) is 0 Å². The third-order valence-corrected chi connectivity index (χ3v) is 4.82. The highest BCUT2D eigenvalue weighted by molar-refractivity contribution is 6.35. The number of halogens is 2. The predicted octanol–water partition coefficient (Wildman–Crippen LogP) is 4.47. The van der Waals surface area contributed by atoms with Gasteiger partial charge in [-0.1, -0.05) is 29.3 Å². The van der Waals surface area contributed by atoms with Gasteiger partial charge in [0.25, 0.3) is 0 Å². The van der Waals surface area contributed by atoms with Gasteiger partial charge in [0, 0.05) is 34.9 Å². The van der Waals surface area contributed by atoms with Crippen LogP contribution < -0.4 is 10.2 Å². The first-order valence-electron chi connectivity index (χ1n) is 8.09. The van der Waals surface area contributed by atoms with Gasteiger partial charge in [0.15, 0.2) is 0 Å². The van der Waals surface area contributed by atoms with Crippen LogP contribution in [0.15, 0.2) is 36.4 Å². The van der Waals surface area contributed by atoms with Gasteiger partial charge in [-0.05, 0) is 54.3 Å². The highest BCUT2D eigenvalue weighted by atomic mass is 35.5. The van der Waals surface area contributed by atoms with Crippen molar-refractivity contribution in [2.75, 3.05) is 16.8 Å². The molecule has 4 nitrogen and oxygen atoms in total. The molecule has 0 unspecified atom stereocenters. The summed E-state index contributed by atoms with van der Waals surface area (Å²) in [5.74, 6) is -0.112. The lowest BCUT2D eigenvalue weighted by Gasteiger charge is -2.29. The molecule has 0 radical (unpaired) electrons. The quantitative estimate of drug-likeness (QED) is 0.858. The summed E-state index contributed by atoms with van der Waals surface area (Å²) in [6, 6.07) is 10.7. The zero-order valence-corrected chi connectivity index (χ0v) is 15.3. The molecule has 0 aromatic heterocycles. The topological polar surface area (TPSA) is 49.4 Å². The van der Waals surface area contributed by atoms with Crippen LogP contribution in [0.5, 0.6) is 0 Å². The zero-order chi connectivity index (χ0) is 18.0. The third kappa shape index (κ3) is 4.14. The largest absolute Gasteiger partial charge is 0.326 e. The van der Waals surface area contributed by atoms with E-state index in [1.54, 1.807) is 30.0 Å². The number of carbonyl (C=O) groups excluding carboxylic acids is 2. The first kappa shape index (κ1) is 17.8. The molecule has 0 atom stereocenters. The summed E-state index contributed by atoms with van der Waals surface area (Å²) < 4.78 is 0. The van der Waals surface area contributed by atoms with E-state index in [1.165, 1.54) is 0 Å². The molecule has 0 bridgehead atoms. The first-order chi connectivity index (χ1) is 11.9. The summed E-state index contributed by atoms with van der Waals surface area (Å²) in [4.78, 5) is 25.8. The van der Waals surface area contributed by atoms with Crippen molar-refractivity contribution in [3.8, 4) is 0 Å². The number of anilines is 2. The molecule has 1 aliphatic heterocycles. The number of nitrogens with one attached hydrogen (secondary N) is 1. The fourth-order valence-electron chi connectivity index (χ4n) is 3.05. The monoisotopic (exact) mass is 376 g/mol. The second kappa shape index (κ2) is 7.46. The van der Waals surface area contributed by atoms with Gasteiger partial charge in [-0.25, -0.2) is 0 Å². The van der Waals surface area contributed by atoms with Crippen LogP contribution in [-0.4, -0.2) is 18.4 Å². The minimum absolute atomic E-state index is 0.0371. The van der Waals surface area contributed by atoms with Crippen molar-refractivity contribution in [2.24, 2.45) is 0 Å². The summed E-state index contributed by atoms with van der Waals surface area (Å²) in [5, 5.41) is 3.91. The lowest BCUT2D eigenvalue weighted by molar-refractivity contribution is -0.117.